The highest BCUT2D eigenvalue weighted by molar-refractivity contribution is 5.47. The second kappa shape index (κ2) is 2.17. The predicted octanol–water partition coefficient (Wildman–Crippen LogP) is 3.62. The van der Waals surface area contributed by atoms with E-state index < -0.39 is 0 Å². The highest BCUT2D eigenvalue weighted by Gasteiger charge is 2.55. The maximum atomic E-state index is 2.45. The van der Waals surface area contributed by atoms with E-state index in [1.165, 1.54) is 25.7 Å². The van der Waals surface area contributed by atoms with E-state index in [1.807, 2.05) is 0 Å². The van der Waals surface area contributed by atoms with Crippen molar-refractivity contribution < 1.29 is 0 Å². The van der Waals surface area contributed by atoms with E-state index in [2.05, 4.69) is 37.3 Å². The summed E-state index contributed by atoms with van der Waals surface area (Å²) in [6, 6.07) is 0. The van der Waals surface area contributed by atoms with Crippen LogP contribution < -0.4 is 0 Å². The average Bonchev–Trinajstić information content (AvgIpc) is 2.11. The van der Waals surface area contributed by atoms with Gasteiger partial charge in [-0.1, -0.05) is 48.8 Å². The van der Waals surface area contributed by atoms with Crippen molar-refractivity contribution in [1.29, 1.82) is 0 Å². The van der Waals surface area contributed by atoms with Gasteiger partial charge in [-0.05, 0) is 19.8 Å². The third-order valence-electron chi connectivity index (χ3n) is 4.35. The summed E-state index contributed by atoms with van der Waals surface area (Å²) < 4.78 is 0. The van der Waals surface area contributed by atoms with Gasteiger partial charge in [-0.3, -0.25) is 0 Å². The lowest BCUT2D eigenvalue weighted by Gasteiger charge is -2.58. The van der Waals surface area contributed by atoms with Crippen LogP contribution in [0.4, 0.5) is 0 Å². The molecule has 68 valence electrons. The first-order valence-corrected chi connectivity index (χ1v) is 5.36. The standard InChI is InChI=1S/C13H16/c1-11-5-4-7-12-6-2-3-8-13(11,12)10-9-12/h4-5,7,9-10H,2-3,6,8H2,1H3/t12-,13-/m0/s1. The molecule has 13 heavy (non-hydrogen) atoms. The lowest BCUT2D eigenvalue weighted by Crippen LogP contribution is -2.48. The van der Waals surface area contributed by atoms with Crippen molar-refractivity contribution in [1.82, 2.24) is 0 Å². The van der Waals surface area contributed by atoms with Gasteiger partial charge in [0.15, 0.2) is 0 Å². The van der Waals surface area contributed by atoms with Crippen LogP contribution in [0.25, 0.3) is 0 Å². The van der Waals surface area contributed by atoms with Crippen LogP contribution in [-0.2, 0) is 0 Å². The van der Waals surface area contributed by atoms with Gasteiger partial charge in [0.1, 0.15) is 0 Å². The SMILES string of the molecule is CC1=CC=C[C@@]23C=C[C@@]12CCCC3. The summed E-state index contributed by atoms with van der Waals surface area (Å²) >= 11 is 0. The van der Waals surface area contributed by atoms with Gasteiger partial charge in [-0.2, -0.15) is 0 Å². The lowest BCUT2D eigenvalue weighted by molar-refractivity contribution is 0.122. The molecule has 0 aromatic rings. The zero-order valence-electron chi connectivity index (χ0n) is 8.22. The van der Waals surface area contributed by atoms with Gasteiger partial charge in [-0.15, -0.1) is 0 Å². The molecule has 0 amide bonds. The molecule has 0 radical (unpaired) electrons. The van der Waals surface area contributed by atoms with Crippen molar-refractivity contribution in [2.24, 2.45) is 10.8 Å². The van der Waals surface area contributed by atoms with E-state index in [-0.39, 0.29) is 0 Å². The van der Waals surface area contributed by atoms with E-state index in [9.17, 15) is 0 Å². The molecule has 3 aliphatic rings. The summed E-state index contributed by atoms with van der Waals surface area (Å²) in [6.45, 7) is 2.30. The van der Waals surface area contributed by atoms with Crippen molar-refractivity contribution >= 4 is 0 Å². The van der Waals surface area contributed by atoms with Crippen LogP contribution in [0, 0.1) is 10.8 Å². The monoisotopic (exact) mass is 172 g/mol. The fourth-order valence-corrected chi connectivity index (χ4v) is 3.44. The van der Waals surface area contributed by atoms with Crippen molar-refractivity contribution in [2.45, 2.75) is 32.6 Å². The minimum atomic E-state index is 0.435. The third kappa shape index (κ3) is 0.688. The van der Waals surface area contributed by atoms with Crippen molar-refractivity contribution in [3.8, 4) is 0 Å². The zero-order valence-corrected chi connectivity index (χ0v) is 8.22. The van der Waals surface area contributed by atoms with E-state index in [0.29, 0.717) is 10.8 Å². The quantitative estimate of drug-likeness (QED) is 0.489. The molecule has 0 aromatic heterocycles. The topological polar surface area (TPSA) is 0 Å². The maximum Gasteiger partial charge on any atom is 0.0217 e. The molecule has 1 fully saturated rings. The van der Waals surface area contributed by atoms with Crippen LogP contribution in [0.3, 0.4) is 0 Å². The molecule has 0 heterocycles. The number of rotatable bonds is 0. The Hall–Kier alpha value is -0.780. The Kier molecular flexibility index (Phi) is 1.27. The highest BCUT2D eigenvalue weighted by atomic mass is 14.6. The Bertz CT molecular complexity index is 332. The Labute approximate surface area is 80.0 Å². The largest absolute Gasteiger partial charge is 0.0764 e. The second-order valence-electron chi connectivity index (χ2n) is 4.76. The summed E-state index contributed by atoms with van der Waals surface area (Å²) in [7, 11) is 0. The number of allylic oxidation sites excluding steroid dienone is 6. The van der Waals surface area contributed by atoms with Crippen LogP contribution >= 0.6 is 0 Å². The van der Waals surface area contributed by atoms with Crippen LogP contribution in [0.15, 0.2) is 36.0 Å². The number of hydrogen-bond donors (Lipinski definition) is 0. The molecule has 0 unspecified atom stereocenters. The van der Waals surface area contributed by atoms with Gasteiger partial charge in [0.25, 0.3) is 0 Å². The lowest BCUT2D eigenvalue weighted by atomic mass is 9.46. The molecule has 0 nitrogen and oxygen atoms in total. The van der Waals surface area contributed by atoms with Crippen LogP contribution in [0.1, 0.15) is 32.6 Å². The maximum absolute atomic E-state index is 2.45. The van der Waals surface area contributed by atoms with Gasteiger partial charge in [0, 0.05) is 10.8 Å². The molecular formula is C13H16. The molecule has 0 N–H and O–H groups in total. The summed E-state index contributed by atoms with van der Waals surface area (Å²) in [6.07, 6.45) is 17.4. The van der Waals surface area contributed by atoms with E-state index in [0.717, 1.165) is 0 Å². The molecular weight excluding hydrogens is 156 g/mol. The zero-order chi connectivity index (χ0) is 8.94. The van der Waals surface area contributed by atoms with Gasteiger partial charge < -0.3 is 0 Å². The Morgan fingerprint density at radius 2 is 1.92 bits per heavy atom. The summed E-state index contributed by atoms with van der Waals surface area (Å²) in [5.41, 5.74) is 2.46. The third-order valence-corrected chi connectivity index (χ3v) is 4.35. The molecule has 3 rings (SSSR count). The van der Waals surface area contributed by atoms with Crippen LogP contribution in [0.5, 0.6) is 0 Å². The van der Waals surface area contributed by atoms with E-state index >= 15 is 0 Å². The Morgan fingerprint density at radius 1 is 1.08 bits per heavy atom. The first-order chi connectivity index (χ1) is 6.29. The first-order valence-electron chi connectivity index (χ1n) is 5.36. The van der Waals surface area contributed by atoms with Gasteiger partial charge >= 0.3 is 0 Å². The summed E-state index contributed by atoms with van der Waals surface area (Å²) in [5.74, 6) is 0. The molecule has 0 saturated heterocycles. The fraction of sp³-hybridized carbons (Fsp3) is 0.538. The highest BCUT2D eigenvalue weighted by Crippen LogP contribution is 2.64. The molecule has 0 aromatic carbocycles. The molecule has 0 bridgehead atoms. The fourth-order valence-electron chi connectivity index (χ4n) is 3.44. The predicted molar refractivity (Wildman–Crippen MR) is 55.4 cm³/mol. The molecule has 0 aliphatic heterocycles. The summed E-state index contributed by atoms with van der Waals surface area (Å²) in [4.78, 5) is 0. The summed E-state index contributed by atoms with van der Waals surface area (Å²) in [5, 5.41) is 0. The first kappa shape index (κ1) is 7.61. The van der Waals surface area contributed by atoms with Gasteiger partial charge in [-0.25, -0.2) is 0 Å². The Balaban J connectivity index is 2.15. The van der Waals surface area contributed by atoms with E-state index in [4.69, 9.17) is 0 Å². The number of hydrogen-bond acceptors (Lipinski definition) is 0. The molecule has 0 heteroatoms. The molecule has 3 aliphatic carbocycles. The molecule has 1 saturated carbocycles. The normalized spacial score (nSPS) is 46.1. The molecule has 0 spiro atoms. The van der Waals surface area contributed by atoms with Gasteiger partial charge in [0.05, 0.1) is 0 Å². The van der Waals surface area contributed by atoms with Crippen molar-refractivity contribution in [3.63, 3.8) is 0 Å². The minimum absolute atomic E-state index is 0.435. The van der Waals surface area contributed by atoms with Crippen molar-refractivity contribution in [2.75, 3.05) is 0 Å². The average molecular weight is 172 g/mol. The van der Waals surface area contributed by atoms with Crippen molar-refractivity contribution in [3.05, 3.63) is 36.0 Å². The smallest absolute Gasteiger partial charge is 0.0217 e. The van der Waals surface area contributed by atoms with Gasteiger partial charge in [0.2, 0.25) is 0 Å². The minimum Gasteiger partial charge on any atom is -0.0764 e. The second-order valence-corrected chi connectivity index (χ2v) is 4.76. The van der Waals surface area contributed by atoms with E-state index in [1.54, 1.807) is 5.57 Å². The van der Waals surface area contributed by atoms with Crippen LogP contribution in [0.2, 0.25) is 0 Å². The molecule has 2 atom stereocenters. The Morgan fingerprint density at radius 3 is 2.62 bits per heavy atom. The van der Waals surface area contributed by atoms with Crippen LogP contribution in [-0.4, -0.2) is 0 Å².